The highest BCUT2D eigenvalue weighted by Crippen LogP contribution is 2.30. The molecule has 6 nitrogen and oxygen atoms in total. The number of fused-ring (bicyclic) bond motifs is 1. The fourth-order valence-corrected chi connectivity index (χ4v) is 1.98. The quantitative estimate of drug-likeness (QED) is 0.601. The molecule has 3 N–H and O–H groups in total. The predicted octanol–water partition coefficient (Wildman–Crippen LogP) is 0.204. The van der Waals surface area contributed by atoms with Gasteiger partial charge in [-0.15, -0.1) is 0 Å². The Labute approximate surface area is 121 Å². The number of nitrogens with one attached hydrogen (secondary N) is 1. The number of carbonyl (C=O) groups excluding carboxylic acids is 2. The van der Waals surface area contributed by atoms with Gasteiger partial charge in [0.25, 0.3) is 0 Å². The standard InChI is InChI=1S/C13H15N3O3S/c14-11(20)8-15-12(17)13(18)16-6-3-7-19-10-5-2-1-4-9(10)16/h1-2,4-5H,3,6-8H2,(H2,14,20)(H,15,17). The zero-order valence-corrected chi connectivity index (χ0v) is 11.6. The van der Waals surface area contributed by atoms with Gasteiger partial charge in [0.1, 0.15) is 5.75 Å². The minimum atomic E-state index is -0.727. The first kappa shape index (κ1) is 14.3. The number of nitrogens with two attached hydrogens (primary N) is 1. The highest BCUT2D eigenvalue weighted by molar-refractivity contribution is 7.80. The zero-order chi connectivity index (χ0) is 14.5. The molecule has 0 aliphatic carbocycles. The largest absolute Gasteiger partial charge is 0.491 e. The molecular formula is C13H15N3O3S. The summed E-state index contributed by atoms with van der Waals surface area (Å²) >= 11 is 4.66. The average Bonchev–Trinajstić information content (AvgIpc) is 2.66. The number of hydrogen-bond acceptors (Lipinski definition) is 4. The lowest BCUT2D eigenvalue weighted by molar-refractivity contribution is -0.137. The lowest BCUT2D eigenvalue weighted by Gasteiger charge is -2.20. The van der Waals surface area contributed by atoms with Gasteiger partial charge in [-0.2, -0.15) is 0 Å². The molecule has 0 spiro atoms. The van der Waals surface area contributed by atoms with E-state index in [0.717, 1.165) is 0 Å². The van der Waals surface area contributed by atoms with E-state index in [0.29, 0.717) is 31.0 Å². The molecular weight excluding hydrogens is 278 g/mol. The van der Waals surface area contributed by atoms with Crippen molar-refractivity contribution in [1.82, 2.24) is 5.32 Å². The van der Waals surface area contributed by atoms with Crippen LogP contribution in [0.15, 0.2) is 24.3 Å². The van der Waals surface area contributed by atoms with Crippen molar-refractivity contribution < 1.29 is 14.3 Å². The summed E-state index contributed by atoms with van der Waals surface area (Å²) in [7, 11) is 0. The van der Waals surface area contributed by atoms with Crippen LogP contribution in [0.2, 0.25) is 0 Å². The van der Waals surface area contributed by atoms with Gasteiger partial charge >= 0.3 is 11.8 Å². The van der Waals surface area contributed by atoms with Crippen LogP contribution >= 0.6 is 12.2 Å². The first-order valence-corrected chi connectivity index (χ1v) is 6.60. The van der Waals surface area contributed by atoms with Crippen molar-refractivity contribution in [2.45, 2.75) is 6.42 Å². The van der Waals surface area contributed by atoms with Crippen molar-refractivity contribution in [2.24, 2.45) is 5.73 Å². The Morgan fingerprint density at radius 2 is 2.15 bits per heavy atom. The number of rotatable bonds is 2. The number of amides is 2. The Balaban J connectivity index is 2.17. The fraction of sp³-hybridized carbons (Fsp3) is 0.308. The zero-order valence-electron chi connectivity index (χ0n) is 10.8. The van der Waals surface area contributed by atoms with Crippen molar-refractivity contribution in [3.8, 4) is 5.75 Å². The number of para-hydroxylation sites is 2. The van der Waals surface area contributed by atoms with Crippen LogP contribution in [0.25, 0.3) is 0 Å². The molecule has 0 atom stereocenters. The maximum atomic E-state index is 12.2. The summed E-state index contributed by atoms with van der Waals surface area (Å²) in [4.78, 5) is 25.6. The van der Waals surface area contributed by atoms with E-state index < -0.39 is 11.8 Å². The lowest BCUT2D eigenvalue weighted by Crippen LogP contribution is -2.45. The molecule has 7 heteroatoms. The van der Waals surface area contributed by atoms with Crippen molar-refractivity contribution in [2.75, 3.05) is 24.6 Å². The molecule has 0 saturated carbocycles. The van der Waals surface area contributed by atoms with E-state index in [2.05, 4.69) is 17.5 Å². The Hall–Kier alpha value is -2.15. The van der Waals surface area contributed by atoms with Crippen molar-refractivity contribution in [3.63, 3.8) is 0 Å². The van der Waals surface area contributed by atoms with Gasteiger partial charge in [-0.1, -0.05) is 24.4 Å². The van der Waals surface area contributed by atoms with Crippen LogP contribution in [0, 0.1) is 0 Å². The third kappa shape index (κ3) is 3.24. The summed E-state index contributed by atoms with van der Waals surface area (Å²) in [6.07, 6.45) is 0.656. The highest BCUT2D eigenvalue weighted by atomic mass is 32.1. The third-order valence-electron chi connectivity index (χ3n) is 2.80. The molecule has 1 heterocycles. The molecule has 1 aromatic rings. The monoisotopic (exact) mass is 293 g/mol. The van der Waals surface area contributed by atoms with E-state index in [1.54, 1.807) is 18.2 Å². The predicted molar refractivity (Wildman–Crippen MR) is 78.7 cm³/mol. The van der Waals surface area contributed by atoms with Crippen LogP contribution < -0.4 is 20.7 Å². The molecule has 0 saturated heterocycles. The Morgan fingerprint density at radius 1 is 1.40 bits per heavy atom. The van der Waals surface area contributed by atoms with Gasteiger partial charge in [0.15, 0.2) is 0 Å². The summed E-state index contributed by atoms with van der Waals surface area (Å²) in [6, 6.07) is 7.13. The first-order valence-electron chi connectivity index (χ1n) is 6.19. The van der Waals surface area contributed by atoms with Crippen LogP contribution in [0.3, 0.4) is 0 Å². The summed E-state index contributed by atoms with van der Waals surface area (Å²) in [5, 5.41) is 2.39. The molecule has 106 valence electrons. The molecule has 1 aromatic carbocycles. The van der Waals surface area contributed by atoms with Gasteiger partial charge in [-0.25, -0.2) is 0 Å². The van der Waals surface area contributed by atoms with E-state index in [1.807, 2.05) is 6.07 Å². The maximum absolute atomic E-state index is 12.2. The highest BCUT2D eigenvalue weighted by Gasteiger charge is 2.26. The van der Waals surface area contributed by atoms with Crippen molar-refractivity contribution >= 4 is 34.7 Å². The topological polar surface area (TPSA) is 84.7 Å². The van der Waals surface area contributed by atoms with E-state index in [1.165, 1.54) is 4.90 Å². The van der Waals surface area contributed by atoms with Crippen LogP contribution in [-0.4, -0.2) is 36.5 Å². The average molecular weight is 293 g/mol. The van der Waals surface area contributed by atoms with Gasteiger partial charge < -0.3 is 20.7 Å². The minimum absolute atomic E-state index is 0.00585. The summed E-state index contributed by atoms with van der Waals surface area (Å²) in [5.41, 5.74) is 5.89. The Bertz CT molecular complexity index is 547. The summed E-state index contributed by atoms with van der Waals surface area (Å²) in [6.45, 7) is 0.942. The molecule has 20 heavy (non-hydrogen) atoms. The molecule has 2 rings (SSSR count). The molecule has 0 aromatic heterocycles. The summed E-state index contributed by atoms with van der Waals surface area (Å²) < 4.78 is 5.54. The van der Waals surface area contributed by atoms with Gasteiger partial charge in [0.05, 0.1) is 23.8 Å². The van der Waals surface area contributed by atoms with Gasteiger partial charge in [-0.3, -0.25) is 9.59 Å². The number of thiocarbonyl (C=S) groups is 1. The van der Waals surface area contributed by atoms with Crippen LogP contribution in [0.5, 0.6) is 5.75 Å². The van der Waals surface area contributed by atoms with Crippen molar-refractivity contribution in [3.05, 3.63) is 24.3 Å². The fourth-order valence-electron chi connectivity index (χ4n) is 1.90. The van der Waals surface area contributed by atoms with E-state index >= 15 is 0 Å². The van der Waals surface area contributed by atoms with E-state index in [4.69, 9.17) is 10.5 Å². The third-order valence-corrected chi connectivity index (χ3v) is 2.95. The van der Waals surface area contributed by atoms with E-state index in [9.17, 15) is 9.59 Å². The molecule has 1 aliphatic rings. The van der Waals surface area contributed by atoms with Gasteiger partial charge in [0, 0.05) is 6.54 Å². The molecule has 1 aliphatic heterocycles. The van der Waals surface area contributed by atoms with Gasteiger partial charge in [0.2, 0.25) is 0 Å². The molecule has 2 amide bonds. The molecule has 0 fully saturated rings. The van der Waals surface area contributed by atoms with Crippen molar-refractivity contribution in [1.29, 1.82) is 0 Å². The maximum Gasteiger partial charge on any atom is 0.316 e. The smallest absolute Gasteiger partial charge is 0.316 e. The Morgan fingerprint density at radius 3 is 2.90 bits per heavy atom. The number of hydrogen-bond donors (Lipinski definition) is 2. The second kappa shape index (κ2) is 6.33. The SMILES string of the molecule is NC(=S)CNC(=O)C(=O)N1CCCOc2ccccc21. The second-order valence-electron chi connectivity index (χ2n) is 4.28. The Kier molecular flexibility index (Phi) is 4.52. The van der Waals surface area contributed by atoms with Crippen LogP contribution in [-0.2, 0) is 9.59 Å². The number of anilines is 1. The van der Waals surface area contributed by atoms with Crippen LogP contribution in [0.4, 0.5) is 5.69 Å². The molecule has 0 unspecified atom stereocenters. The lowest BCUT2D eigenvalue weighted by atomic mass is 10.2. The molecule has 0 radical (unpaired) electrons. The van der Waals surface area contributed by atoms with Crippen LogP contribution in [0.1, 0.15) is 6.42 Å². The van der Waals surface area contributed by atoms with Gasteiger partial charge in [-0.05, 0) is 18.6 Å². The number of nitrogens with zero attached hydrogens (tertiary/aromatic N) is 1. The summed E-state index contributed by atoms with van der Waals surface area (Å²) in [5.74, 6) is -0.769. The number of carbonyl (C=O) groups is 2. The second-order valence-corrected chi connectivity index (χ2v) is 4.80. The normalized spacial score (nSPS) is 13.7. The number of ether oxygens (including phenoxy) is 1. The van der Waals surface area contributed by atoms with E-state index in [-0.39, 0.29) is 11.5 Å². The minimum Gasteiger partial charge on any atom is -0.491 e. The molecule has 0 bridgehead atoms. The number of benzene rings is 1. The first-order chi connectivity index (χ1) is 9.59.